The molecular weight excluding hydrogens is 272 g/mol. The van der Waals surface area contributed by atoms with Gasteiger partial charge in [-0.1, -0.05) is 0 Å². The lowest BCUT2D eigenvalue weighted by atomic mass is 10.2. The van der Waals surface area contributed by atoms with Crippen LogP contribution >= 0.6 is 11.3 Å². The predicted molar refractivity (Wildman–Crippen MR) is 83.1 cm³/mol. The topological polar surface area (TPSA) is 62.5 Å². The molecule has 2 aromatic rings. The highest BCUT2D eigenvalue weighted by Gasteiger charge is 2.17. The van der Waals surface area contributed by atoms with E-state index in [1.807, 2.05) is 25.2 Å². The van der Waals surface area contributed by atoms with E-state index in [-0.39, 0.29) is 5.91 Å². The molecule has 2 aromatic heterocycles. The monoisotopic (exact) mass is 290 g/mol. The Morgan fingerprint density at radius 3 is 2.55 bits per heavy atom. The number of aromatic nitrogens is 1. The van der Waals surface area contributed by atoms with Gasteiger partial charge in [0, 0.05) is 40.1 Å². The number of carbonyl (C=O) groups is 1. The van der Waals surface area contributed by atoms with Crippen LogP contribution in [0.2, 0.25) is 0 Å². The Balaban J connectivity index is 2.17. The Bertz CT molecular complexity index is 594. The molecule has 1 amide bonds. The smallest absolute Gasteiger partial charge is 0.265 e. The molecule has 0 atom stereocenters. The number of pyridine rings is 1. The lowest BCUT2D eigenvalue weighted by Crippen LogP contribution is -2.21. The molecule has 0 bridgehead atoms. The summed E-state index contributed by atoms with van der Waals surface area (Å²) in [5, 5.41) is 0.976. The standard InChI is InChI=1S/C14H18N4OS/c1-17(2)14(19)13-11(15)8-12(20-13)18(3)9-10-4-6-16-7-5-10/h4-8H,9,15H2,1-3H3. The number of thiophene rings is 1. The molecule has 0 saturated heterocycles. The molecule has 20 heavy (non-hydrogen) atoms. The zero-order valence-electron chi connectivity index (χ0n) is 11.8. The van der Waals surface area contributed by atoms with Crippen LogP contribution in [0, 0.1) is 0 Å². The van der Waals surface area contributed by atoms with Gasteiger partial charge in [0.05, 0.1) is 10.7 Å². The van der Waals surface area contributed by atoms with E-state index < -0.39 is 0 Å². The number of amides is 1. The molecule has 6 heteroatoms. The summed E-state index contributed by atoms with van der Waals surface area (Å²) in [7, 11) is 5.43. The Labute approximate surface area is 122 Å². The maximum atomic E-state index is 12.0. The molecule has 0 spiro atoms. The molecule has 2 N–H and O–H groups in total. The first-order valence-electron chi connectivity index (χ1n) is 6.20. The third-order valence-corrected chi connectivity index (χ3v) is 4.15. The van der Waals surface area contributed by atoms with Crippen LogP contribution in [0.4, 0.5) is 10.7 Å². The minimum Gasteiger partial charge on any atom is -0.397 e. The average Bonchev–Trinajstić information content (AvgIpc) is 2.81. The number of nitrogens with zero attached hydrogens (tertiary/aromatic N) is 3. The van der Waals surface area contributed by atoms with E-state index in [1.54, 1.807) is 26.5 Å². The molecule has 0 aromatic carbocycles. The second kappa shape index (κ2) is 5.92. The second-order valence-corrected chi connectivity index (χ2v) is 5.81. The van der Waals surface area contributed by atoms with Crippen molar-refractivity contribution < 1.29 is 4.79 Å². The molecule has 5 nitrogen and oxygen atoms in total. The number of nitrogen functional groups attached to an aromatic ring is 1. The van der Waals surface area contributed by atoms with Crippen molar-refractivity contribution >= 4 is 27.9 Å². The van der Waals surface area contributed by atoms with Crippen molar-refractivity contribution in [3.8, 4) is 0 Å². The number of rotatable bonds is 4. The molecule has 2 rings (SSSR count). The van der Waals surface area contributed by atoms with Gasteiger partial charge in [0.15, 0.2) is 0 Å². The van der Waals surface area contributed by atoms with Crippen molar-refractivity contribution in [1.82, 2.24) is 9.88 Å². The SMILES string of the molecule is CN(C)C(=O)c1sc(N(C)Cc2ccncc2)cc1N. The summed E-state index contributed by atoms with van der Waals surface area (Å²) in [5.41, 5.74) is 7.63. The number of anilines is 2. The third kappa shape index (κ3) is 3.08. The van der Waals surface area contributed by atoms with Gasteiger partial charge in [-0.25, -0.2) is 0 Å². The van der Waals surface area contributed by atoms with Crippen LogP contribution in [0.5, 0.6) is 0 Å². The highest BCUT2D eigenvalue weighted by Crippen LogP contribution is 2.32. The van der Waals surface area contributed by atoms with Crippen molar-refractivity contribution in [2.24, 2.45) is 0 Å². The van der Waals surface area contributed by atoms with Gasteiger partial charge in [0.2, 0.25) is 0 Å². The molecule has 0 saturated carbocycles. The second-order valence-electron chi connectivity index (χ2n) is 4.78. The lowest BCUT2D eigenvalue weighted by Gasteiger charge is -2.16. The minimum absolute atomic E-state index is 0.0592. The number of hydrogen-bond acceptors (Lipinski definition) is 5. The van der Waals surface area contributed by atoms with E-state index in [4.69, 9.17) is 5.73 Å². The van der Waals surface area contributed by atoms with Crippen LogP contribution in [0.1, 0.15) is 15.2 Å². The Hall–Kier alpha value is -2.08. The first-order chi connectivity index (χ1) is 9.49. The summed E-state index contributed by atoms with van der Waals surface area (Å²) >= 11 is 1.42. The highest BCUT2D eigenvalue weighted by atomic mass is 32.1. The normalized spacial score (nSPS) is 10.3. The minimum atomic E-state index is -0.0592. The van der Waals surface area contributed by atoms with E-state index >= 15 is 0 Å². The fourth-order valence-corrected chi connectivity index (χ4v) is 2.85. The van der Waals surface area contributed by atoms with E-state index in [2.05, 4.69) is 9.88 Å². The summed E-state index contributed by atoms with van der Waals surface area (Å²) in [4.78, 5) is 20.2. The molecule has 106 valence electrons. The van der Waals surface area contributed by atoms with Gasteiger partial charge in [-0.15, -0.1) is 11.3 Å². The zero-order valence-corrected chi connectivity index (χ0v) is 12.6. The Kier molecular flexibility index (Phi) is 4.24. The summed E-state index contributed by atoms with van der Waals surface area (Å²) in [5.74, 6) is -0.0592. The van der Waals surface area contributed by atoms with Gasteiger partial charge in [0.25, 0.3) is 5.91 Å². The zero-order chi connectivity index (χ0) is 14.7. The van der Waals surface area contributed by atoms with Crippen LogP contribution in [-0.4, -0.2) is 36.9 Å². The fourth-order valence-electron chi connectivity index (χ4n) is 1.79. The molecule has 0 unspecified atom stereocenters. The maximum absolute atomic E-state index is 12.0. The average molecular weight is 290 g/mol. The summed E-state index contributed by atoms with van der Waals surface area (Å²) in [6.07, 6.45) is 3.54. The van der Waals surface area contributed by atoms with Crippen molar-refractivity contribution in [2.45, 2.75) is 6.54 Å². The molecule has 2 heterocycles. The van der Waals surface area contributed by atoms with Gasteiger partial charge < -0.3 is 15.5 Å². The molecule has 0 aliphatic heterocycles. The van der Waals surface area contributed by atoms with Gasteiger partial charge in [-0.05, 0) is 23.8 Å². The molecular formula is C14H18N4OS. The van der Waals surface area contributed by atoms with Gasteiger partial charge in [-0.2, -0.15) is 0 Å². The number of carbonyl (C=O) groups excluding carboxylic acids is 1. The van der Waals surface area contributed by atoms with E-state index in [9.17, 15) is 4.79 Å². The molecule has 0 aliphatic rings. The van der Waals surface area contributed by atoms with E-state index in [0.717, 1.165) is 17.1 Å². The maximum Gasteiger partial charge on any atom is 0.265 e. The van der Waals surface area contributed by atoms with Crippen LogP contribution < -0.4 is 10.6 Å². The molecule has 0 fully saturated rings. The van der Waals surface area contributed by atoms with Crippen LogP contribution in [0.15, 0.2) is 30.6 Å². The Morgan fingerprint density at radius 1 is 1.30 bits per heavy atom. The van der Waals surface area contributed by atoms with Crippen molar-refractivity contribution in [3.63, 3.8) is 0 Å². The molecule has 0 aliphatic carbocycles. The first-order valence-corrected chi connectivity index (χ1v) is 7.01. The summed E-state index contributed by atoms with van der Waals surface area (Å²) in [6.45, 7) is 0.748. The number of nitrogens with two attached hydrogens (primary N) is 1. The highest BCUT2D eigenvalue weighted by molar-refractivity contribution is 7.18. The van der Waals surface area contributed by atoms with Crippen molar-refractivity contribution in [2.75, 3.05) is 31.8 Å². The first kappa shape index (κ1) is 14.3. The quantitative estimate of drug-likeness (QED) is 0.936. The van der Waals surface area contributed by atoms with Crippen LogP contribution in [0.3, 0.4) is 0 Å². The van der Waals surface area contributed by atoms with E-state index in [1.165, 1.54) is 16.2 Å². The van der Waals surface area contributed by atoms with E-state index in [0.29, 0.717) is 10.6 Å². The van der Waals surface area contributed by atoms with Crippen LogP contribution in [0.25, 0.3) is 0 Å². The van der Waals surface area contributed by atoms with Crippen LogP contribution in [-0.2, 0) is 6.54 Å². The largest absolute Gasteiger partial charge is 0.397 e. The van der Waals surface area contributed by atoms with Gasteiger partial charge in [0.1, 0.15) is 4.88 Å². The lowest BCUT2D eigenvalue weighted by molar-refractivity contribution is 0.0833. The van der Waals surface area contributed by atoms with Crippen molar-refractivity contribution in [1.29, 1.82) is 0 Å². The summed E-state index contributed by atoms with van der Waals surface area (Å²) < 4.78 is 0. The summed E-state index contributed by atoms with van der Waals surface area (Å²) in [6, 6.07) is 5.79. The van der Waals surface area contributed by atoms with Gasteiger partial charge in [-0.3, -0.25) is 9.78 Å². The predicted octanol–water partition coefficient (Wildman–Crippen LogP) is 2.06. The molecule has 0 radical (unpaired) electrons. The number of hydrogen-bond donors (Lipinski definition) is 1. The van der Waals surface area contributed by atoms with Gasteiger partial charge >= 0.3 is 0 Å². The fraction of sp³-hybridized carbons (Fsp3) is 0.286. The third-order valence-electron chi connectivity index (χ3n) is 2.89. The Morgan fingerprint density at radius 2 is 1.95 bits per heavy atom. The van der Waals surface area contributed by atoms with Crippen molar-refractivity contribution in [3.05, 3.63) is 41.0 Å².